The summed E-state index contributed by atoms with van der Waals surface area (Å²) in [4.78, 5) is 3.96. The second-order valence-electron chi connectivity index (χ2n) is 17.4. The zero-order valence-corrected chi connectivity index (χ0v) is 35.4. The van der Waals surface area contributed by atoms with Crippen LogP contribution < -0.4 is 4.90 Å². The summed E-state index contributed by atoms with van der Waals surface area (Å²) < 4.78 is 6.33. The van der Waals surface area contributed by atoms with Gasteiger partial charge in [-0.25, -0.2) is 0 Å². The summed E-state index contributed by atoms with van der Waals surface area (Å²) in [5, 5.41) is 6.52. The molecule has 13 rings (SSSR count). The highest BCUT2D eigenvalue weighted by Crippen LogP contribution is 2.53. The normalized spacial score (nSPS) is 15.9. The molecule has 1 aliphatic heterocycles. The van der Waals surface area contributed by atoms with E-state index in [-0.39, 0.29) is 0 Å². The number of para-hydroxylation sites is 3. The number of benzene rings is 7. The van der Waals surface area contributed by atoms with Gasteiger partial charge >= 0.3 is 0 Å². The van der Waals surface area contributed by atoms with Crippen LogP contribution in [0, 0.1) is 20.8 Å². The topological polar surface area (TPSA) is 13.1 Å². The number of aromatic nitrogens is 2. The number of thiophene rings is 1. The summed E-state index contributed by atoms with van der Waals surface area (Å²) >= 11 is 1.93. The summed E-state index contributed by atoms with van der Waals surface area (Å²) in [6, 6.07) is 52.8. The van der Waals surface area contributed by atoms with Crippen LogP contribution >= 0.6 is 11.3 Å². The molecule has 0 N–H and O–H groups in total. The van der Waals surface area contributed by atoms with Crippen molar-refractivity contribution >= 4 is 88.1 Å². The van der Waals surface area contributed by atoms with E-state index >= 15 is 0 Å². The molecule has 0 fully saturated rings. The minimum Gasteiger partial charge on any atom is -0.313 e. The van der Waals surface area contributed by atoms with Crippen LogP contribution in [0.25, 0.3) is 76.7 Å². The SMILES string of the molecule is Cc1cc(C)c(-n2c3ccccc3c3cc(-n4c5ccccc5c5cc(C6=CC=C7C(C6)c6ccccc6N7c6ccc7sc8c(c7c6)CCC=C8)ccc54)ccc32)c(C)c1. The molecule has 4 heterocycles. The fourth-order valence-corrected chi connectivity index (χ4v) is 12.4. The molecule has 1 unspecified atom stereocenters. The van der Waals surface area contributed by atoms with Crippen molar-refractivity contribution in [2.75, 3.05) is 4.90 Å². The third-order valence-corrected chi connectivity index (χ3v) is 14.9. The zero-order chi connectivity index (χ0) is 40.5. The number of aryl methyl sites for hydroxylation is 4. The molecule has 0 spiro atoms. The molecule has 0 radical (unpaired) electrons. The summed E-state index contributed by atoms with van der Waals surface area (Å²) in [6.45, 7) is 6.67. The van der Waals surface area contributed by atoms with Crippen molar-refractivity contribution in [1.82, 2.24) is 9.13 Å². The Hall–Kier alpha value is -6.88. The van der Waals surface area contributed by atoms with Gasteiger partial charge in [0.05, 0.1) is 27.8 Å². The Balaban J connectivity index is 0.925. The minimum absolute atomic E-state index is 0.296. The molecule has 0 bridgehead atoms. The Morgan fingerprint density at radius 2 is 1.25 bits per heavy atom. The lowest BCUT2D eigenvalue weighted by Crippen LogP contribution is -2.15. The average molecular weight is 802 g/mol. The number of fused-ring (bicyclic) bond motifs is 12. The summed E-state index contributed by atoms with van der Waals surface area (Å²) in [6.07, 6.45) is 12.6. The molecule has 0 amide bonds. The first kappa shape index (κ1) is 34.9. The van der Waals surface area contributed by atoms with Crippen LogP contribution in [0.5, 0.6) is 0 Å². The Kier molecular flexibility index (Phi) is 7.48. The van der Waals surface area contributed by atoms with Crippen molar-refractivity contribution in [2.24, 2.45) is 0 Å². The van der Waals surface area contributed by atoms with Gasteiger partial charge in [-0.05, 0) is 158 Å². The Morgan fingerprint density at radius 1 is 0.574 bits per heavy atom. The van der Waals surface area contributed by atoms with E-state index in [0.717, 1.165) is 19.3 Å². The van der Waals surface area contributed by atoms with E-state index < -0.39 is 0 Å². The first-order valence-electron chi connectivity index (χ1n) is 21.7. The van der Waals surface area contributed by atoms with Gasteiger partial charge in [-0.2, -0.15) is 0 Å². The van der Waals surface area contributed by atoms with Gasteiger partial charge in [0, 0.05) is 59.8 Å². The maximum atomic E-state index is 2.53. The second kappa shape index (κ2) is 13.1. The van der Waals surface area contributed by atoms with Gasteiger partial charge in [-0.15, -0.1) is 11.3 Å². The average Bonchev–Trinajstić information content (AvgIpc) is 4.02. The van der Waals surface area contributed by atoms with E-state index in [1.54, 1.807) is 0 Å². The second-order valence-corrected chi connectivity index (χ2v) is 18.5. The number of hydrogen-bond donors (Lipinski definition) is 0. The number of nitrogens with zero attached hydrogens (tertiary/aromatic N) is 3. The van der Waals surface area contributed by atoms with Crippen molar-refractivity contribution in [3.8, 4) is 11.4 Å². The predicted octanol–water partition coefficient (Wildman–Crippen LogP) is 15.6. The Morgan fingerprint density at radius 3 is 2.08 bits per heavy atom. The van der Waals surface area contributed by atoms with E-state index in [9.17, 15) is 0 Å². The largest absolute Gasteiger partial charge is 0.313 e. The number of hydrogen-bond acceptors (Lipinski definition) is 2. The molecule has 292 valence electrons. The molecule has 2 aliphatic carbocycles. The van der Waals surface area contributed by atoms with Crippen LogP contribution in [-0.4, -0.2) is 9.13 Å². The molecular weight excluding hydrogens is 759 g/mol. The van der Waals surface area contributed by atoms with Crippen molar-refractivity contribution in [1.29, 1.82) is 0 Å². The van der Waals surface area contributed by atoms with Crippen LogP contribution in [0.4, 0.5) is 11.4 Å². The Bertz CT molecular complexity index is 3590. The smallest absolute Gasteiger partial charge is 0.0542 e. The Labute approximate surface area is 359 Å². The molecule has 0 saturated carbocycles. The fourth-order valence-electron chi connectivity index (χ4n) is 11.2. The van der Waals surface area contributed by atoms with Crippen molar-refractivity contribution in [3.05, 3.63) is 202 Å². The lowest BCUT2D eigenvalue weighted by Gasteiger charge is -2.26. The highest BCUT2D eigenvalue weighted by atomic mass is 32.1. The molecule has 3 aromatic heterocycles. The monoisotopic (exact) mass is 801 g/mol. The fraction of sp³-hybridized carbons (Fsp3) is 0.123. The summed E-state index contributed by atoms with van der Waals surface area (Å²) in [5.41, 5.74) is 20.8. The number of rotatable bonds is 4. The molecule has 10 aromatic rings. The van der Waals surface area contributed by atoms with Gasteiger partial charge in [-0.1, -0.05) is 90.5 Å². The number of allylic oxidation sites excluding steroid dienone is 5. The third kappa shape index (κ3) is 5.09. The van der Waals surface area contributed by atoms with Gasteiger partial charge < -0.3 is 14.0 Å². The molecule has 3 aliphatic rings. The third-order valence-electron chi connectivity index (χ3n) is 13.8. The maximum absolute atomic E-state index is 2.53. The molecule has 0 saturated heterocycles. The van der Waals surface area contributed by atoms with E-state index in [0.29, 0.717) is 5.92 Å². The van der Waals surface area contributed by atoms with Gasteiger partial charge in [0.15, 0.2) is 0 Å². The number of anilines is 2. The molecule has 3 nitrogen and oxygen atoms in total. The van der Waals surface area contributed by atoms with Gasteiger partial charge in [0.2, 0.25) is 0 Å². The van der Waals surface area contributed by atoms with Crippen molar-refractivity contribution in [2.45, 2.75) is 46.0 Å². The van der Waals surface area contributed by atoms with Crippen LogP contribution in [0.2, 0.25) is 0 Å². The molecule has 61 heavy (non-hydrogen) atoms. The quantitative estimate of drug-likeness (QED) is 0.173. The highest BCUT2D eigenvalue weighted by Gasteiger charge is 2.36. The van der Waals surface area contributed by atoms with E-state index in [1.165, 1.54) is 126 Å². The molecule has 7 aromatic carbocycles. The summed E-state index contributed by atoms with van der Waals surface area (Å²) in [7, 11) is 0. The molecule has 4 heteroatoms. The summed E-state index contributed by atoms with van der Waals surface area (Å²) in [5.74, 6) is 0.296. The van der Waals surface area contributed by atoms with Crippen LogP contribution in [0.3, 0.4) is 0 Å². The van der Waals surface area contributed by atoms with Crippen LogP contribution in [-0.2, 0) is 6.42 Å². The zero-order valence-electron chi connectivity index (χ0n) is 34.5. The van der Waals surface area contributed by atoms with E-state index in [2.05, 4.69) is 199 Å². The van der Waals surface area contributed by atoms with Gasteiger partial charge in [0.1, 0.15) is 0 Å². The van der Waals surface area contributed by atoms with Crippen LogP contribution in [0.15, 0.2) is 163 Å². The maximum Gasteiger partial charge on any atom is 0.0542 e. The minimum atomic E-state index is 0.296. The van der Waals surface area contributed by atoms with E-state index in [4.69, 9.17) is 0 Å². The van der Waals surface area contributed by atoms with Gasteiger partial charge in [0.25, 0.3) is 0 Å². The first-order chi connectivity index (χ1) is 30.0. The van der Waals surface area contributed by atoms with Gasteiger partial charge in [-0.3, -0.25) is 0 Å². The van der Waals surface area contributed by atoms with E-state index in [1.807, 2.05) is 11.3 Å². The first-order valence-corrected chi connectivity index (χ1v) is 22.5. The molecule has 1 atom stereocenters. The molecular formula is C57H43N3S. The highest BCUT2D eigenvalue weighted by molar-refractivity contribution is 7.20. The standard InChI is InChI=1S/C57H43N3S/c1-34-28-35(2)57(36(3)29-34)60-51-18-10-6-14-43(51)47-32-39(22-26-54(47)60)58-49-16-8-4-12-41(49)45-30-37(20-24-52(45)58)38-21-25-53-46(31-38)42-13-5-9-17-50(42)59(53)40-23-27-56-48(33-40)44-15-7-11-19-55(44)61-56/h4-6,8-14,16-30,32-33,46H,7,15,31H2,1-3H3. The van der Waals surface area contributed by atoms with Crippen molar-refractivity contribution in [3.63, 3.8) is 0 Å². The lowest BCUT2D eigenvalue weighted by atomic mass is 9.84. The van der Waals surface area contributed by atoms with Crippen LogP contribution in [0.1, 0.15) is 57.0 Å². The lowest BCUT2D eigenvalue weighted by molar-refractivity contribution is 0.832. The predicted molar refractivity (Wildman–Crippen MR) is 261 cm³/mol. The van der Waals surface area contributed by atoms with Crippen molar-refractivity contribution < 1.29 is 0 Å².